The van der Waals surface area contributed by atoms with Crippen molar-refractivity contribution in [2.75, 3.05) is 44.2 Å². The molecule has 5 nitrogen and oxygen atoms in total. The molecular weight excluding hydrogens is 226 g/mol. The largest absolute Gasteiger partial charge is 0.368 e. The molecule has 0 spiro atoms. The fraction of sp³-hybridized carbons (Fsp3) is 0.538. The van der Waals surface area contributed by atoms with Gasteiger partial charge in [0.1, 0.15) is 11.8 Å². The molecule has 2 fully saturated rings. The van der Waals surface area contributed by atoms with Crippen LogP contribution in [0.4, 0.5) is 5.69 Å². The SMILES string of the molecule is N#Cc1ccc(N2CCN(C3CNC3)CC2)cn1. The minimum atomic E-state index is 0.484. The number of anilines is 1. The highest BCUT2D eigenvalue weighted by atomic mass is 15.3. The van der Waals surface area contributed by atoms with Gasteiger partial charge in [-0.15, -0.1) is 0 Å². The van der Waals surface area contributed by atoms with E-state index in [9.17, 15) is 0 Å². The fourth-order valence-electron chi connectivity index (χ4n) is 2.52. The van der Waals surface area contributed by atoms with Gasteiger partial charge >= 0.3 is 0 Å². The molecule has 1 aromatic heterocycles. The molecule has 2 aliphatic rings. The Balaban J connectivity index is 1.59. The molecule has 0 unspecified atom stereocenters. The topological polar surface area (TPSA) is 55.2 Å². The predicted octanol–water partition coefficient (Wildman–Crippen LogP) is 0.0471. The van der Waals surface area contributed by atoms with Gasteiger partial charge in [-0.05, 0) is 12.1 Å². The van der Waals surface area contributed by atoms with Crippen molar-refractivity contribution < 1.29 is 0 Å². The van der Waals surface area contributed by atoms with E-state index < -0.39 is 0 Å². The third kappa shape index (κ3) is 2.17. The zero-order valence-corrected chi connectivity index (χ0v) is 10.3. The van der Waals surface area contributed by atoms with Crippen LogP contribution in [0.3, 0.4) is 0 Å². The fourth-order valence-corrected chi connectivity index (χ4v) is 2.52. The van der Waals surface area contributed by atoms with Crippen molar-refractivity contribution in [2.45, 2.75) is 6.04 Å². The molecule has 1 N–H and O–H groups in total. The Morgan fingerprint density at radius 1 is 1.22 bits per heavy atom. The van der Waals surface area contributed by atoms with E-state index in [0.29, 0.717) is 5.69 Å². The predicted molar refractivity (Wildman–Crippen MR) is 69.4 cm³/mol. The molecule has 5 heteroatoms. The van der Waals surface area contributed by atoms with Crippen molar-refractivity contribution >= 4 is 5.69 Å². The van der Waals surface area contributed by atoms with E-state index in [1.807, 2.05) is 12.1 Å². The number of nitrogens with zero attached hydrogens (tertiary/aromatic N) is 4. The molecule has 3 heterocycles. The molecule has 0 atom stereocenters. The van der Waals surface area contributed by atoms with E-state index in [1.54, 1.807) is 12.3 Å². The quantitative estimate of drug-likeness (QED) is 0.795. The van der Waals surface area contributed by atoms with Crippen molar-refractivity contribution in [3.05, 3.63) is 24.0 Å². The summed E-state index contributed by atoms with van der Waals surface area (Å²) >= 11 is 0. The van der Waals surface area contributed by atoms with Crippen LogP contribution in [0, 0.1) is 11.3 Å². The highest BCUT2D eigenvalue weighted by molar-refractivity contribution is 5.46. The van der Waals surface area contributed by atoms with E-state index in [-0.39, 0.29) is 0 Å². The van der Waals surface area contributed by atoms with E-state index in [1.165, 1.54) is 0 Å². The Morgan fingerprint density at radius 3 is 2.50 bits per heavy atom. The van der Waals surface area contributed by atoms with Gasteiger partial charge in [0.15, 0.2) is 0 Å². The maximum Gasteiger partial charge on any atom is 0.140 e. The summed E-state index contributed by atoms with van der Waals surface area (Å²) in [4.78, 5) is 9.03. The summed E-state index contributed by atoms with van der Waals surface area (Å²) in [6.45, 7) is 6.60. The minimum Gasteiger partial charge on any atom is -0.368 e. The van der Waals surface area contributed by atoms with Crippen LogP contribution in [0.25, 0.3) is 0 Å². The van der Waals surface area contributed by atoms with Crippen molar-refractivity contribution in [1.82, 2.24) is 15.2 Å². The summed E-state index contributed by atoms with van der Waals surface area (Å²) in [5.41, 5.74) is 1.61. The normalized spacial score (nSPS) is 21.4. The first-order chi connectivity index (χ1) is 8.86. The number of pyridine rings is 1. The molecule has 0 amide bonds. The molecule has 94 valence electrons. The molecule has 2 saturated heterocycles. The molecule has 0 bridgehead atoms. The van der Waals surface area contributed by atoms with Gasteiger partial charge in [0.05, 0.1) is 11.9 Å². The van der Waals surface area contributed by atoms with Gasteiger partial charge in [0, 0.05) is 45.3 Å². The lowest BCUT2D eigenvalue weighted by molar-refractivity contribution is 0.138. The molecular formula is C13H17N5. The number of hydrogen-bond donors (Lipinski definition) is 1. The number of hydrogen-bond acceptors (Lipinski definition) is 5. The number of aromatic nitrogens is 1. The molecule has 18 heavy (non-hydrogen) atoms. The maximum absolute atomic E-state index is 8.73. The summed E-state index contributed by atoms with van der Waals surface area (Å²) in [5, 5.41) is 12.0. The van der Waals surface area contributed by atoms with Crippen LogP contribution < -0.4 is 10.2 Å². The van der Waals surface area contributed by atoms with Gasteiger partial charge < -0.3 is 10.2 Å². The van der Waals surface area contributed by atoms with Gasteiger partial charge in [-0.3, -0.25) is 4.90 Å². The summed E-state index contributed by atoms with van der Waals surface area (Å²) in [7, 11) is 0. The minimum absolute atomic E-state index is 0.484. The molecule has 0 saturated carbocycles. The molecule has 2 aliphatic heterocycles. The average molecular weight is 243 g/mol. The van der Waals surface area contributed by atoms with Crippen LogP contribution in [0.5, 0.6) is 0 Å². The molecule has 0 aromatic carbocycles. The second-order valence-corrected chi connectivity index (χ2v) is 4.85. The molecule has 0 radical (unpaired) electrons. The van der Waals surface area contributed by atoms with E-state index in [4.69, 9.17) is 5.26 Å². The van der Waals surface area contributed by atoms with Gasteiger partial charge in [-0.25, -0.2) is 4.98 Å². The van der Waals surface area contributed by atoms with E-state index in [2.05, 4.69) is 20.1 Å². The van der Waals surface area contributed by atoms with Crippen LogP contribution in [-0.4, -0.2) is 55.2 Å². The van der Waals surface area contributed by atoms with Gasteiger partial charge in [0.25, 0.3) is 0 Å². The van der Waals surface area contributed by atoms with Crippen molar-refractivity contribution in [1.29, 1.82) is 5.26 Å². The first-order valence-corrected chi connectivity index (χ1v) is 6.43. The van der Waals surface area contributed by atoms with Crippen LogP contribution >= 0.6 is 0 Å². The van der Waals surface area contributed by atoms with E-state index in [0.717, 1.165) is 51.0 Å². The van der Waals surface area contributed by atoms with Crippen molar-refractivity contribution in [2.24, 2.45) is 0 Å². The lowest BCUT2D eigenvalue weighted by Crippen LogP contribution is -2.61. The number of nitrogens with one attached hydrogen (secondary N) is 1. The maximum atomic E-state index is 8.73. The van der Waals surface area contributed by atoms with Gasteiger partial charge in [-0.2, -0.15) is 5.26 Å². The van der Waals surface area contributed by atoms with Crippen LogP contribution in [0.15, 0.2) is 18.3 Å². The average Bonchev–Trinajstić information content (AvgIpc) is 2.38. The molecule has 1 aromatic rings. The van der Waals surface area contributed by atoms with Crippen LogP contribution in [-0.2, 0) is 0 Å². The Hall–Kier alpha value is -1.64. The van der Waals surface area contributed by atoms with Gasteiger partial charge in [0.2, 0.25) is 0 Å². The highest BCUT2D eigenvalue weighted by Crippen LogP contribution is 2.17. The standard InChI is InChI=1S/C13H17N5/c14-7-11-1-2-12(10-16-11)17-3-5-18(6-4-17)13-8-15-9-13/h1-2,10,13,15H,3-6,8-9H2. The van der Waals surface area contributed by atoms with E-state index >= 15 is 0 Å². The Bertz CT molecular complexity index is 437. The monoisotopic (exact) mass is 243 g/mol. The van der Waals surface area contributed by atoms with Gasteiger partial charge in [-0.1, -0.05) is 0 Å². The third-order valence-corrected chi connectivity index (χ3v) is 3.82. The third-order valence-electron chi connectivity index (χ3n) is 3.82. The summed E-state index contributed by atoms with van der Waals surface area (Å²) in [6.07, 6.45) is 1.80. The lowest BCUT2D eigenvalue weighted by Gasteiger charge is -2.43. The molecule has 0 aliphatic carbocycles. The number of nitriles is 1. The Morgan fingerprint density at radius 2 is 2.00 bits per heavy atom. The second kappa shape index (κ2) is 4.92. The van der Waals surface area contributed by atoms with Crippen LogP contribution in [0.1, 0.15) is 5.69 Å². The Labute approximate surface area is 107 Å². The first-order valence-electron chi connectivity index (χ1n) is 6.43. The highest BCUT2D eigenvalue weighted by Gasteiger charge is 2.27. The summed E-state index contributed by atoms with van der Waals surface area (Å²) < 4.78 is 0. The smallest absolute Gasteiger partial charge is 0.140 e. The zero-order valence-electron chi connectivity index (χ0n) is 10.3. The second-order valence-electron chi connectivity index (χ2n) is 4.85. The Kier molecular flexibility index (Phi) is 3.13. The van der Waals surface area contributed by atoms with Crippen LogP contribution in [0.2, 0.25) is 0 Å². The first kappa shape index (κ1) is 11.5. The van der Waals surface area contributed by atoms with Crippen molar-refractivity contribution in [3.8, 4) is 6.07 Å². The van der Waals surface area contributed by atoms with Crippen molar-refractivity contribution in [3.63, 3.8) is 0 Å². The number of rotatable bonds is 2. The zero-order chi connectivity index (χ0) is 12.4. The lowest BCUT2D eigenvalue weighted by atomic mass is 10.1. The number of piperazine rings is 1. The summed E-state index contributed by atoms with van der Waals surface area (Å²) in [5.74, 6) is 0. The molecule has 3 rings (SSSR count). The summed E-state index contributed by atoms with van der Waals surface area (Å²) in [6, 6.07) is 6.57.